The first kappa shape index (κ1) is 30.1. The highest BCUT2D eigenvalue weighted by Crippen LogP contribution is 2.36. The molecule has 1 fully saturated rings. The van der Waals surface area contributed by atoms with E-state index < -0.39 is 28.5 Å². The molecule has 7 nitrogen and oxygen atoms in total. The van der Waals surface area contributed by atoms with Gasteiger partial charge in [0.25, 0.3) is 0 Å². The minimum Gasteiger partial charge on any atom is -0.352 e. The molecule has 1 aliphatic carbocycles. The maximum Gasteiger partial charge on any atom is 0.244 e. The number of carbonyl (C=O) groups excluding carboxylic acids is 2. The first-order chi connectivity index (χ1) is 17.3. The summed E-state index contributed by atoms with van der Waals surface area (Å²) in [6, 6.07) is 6.53. The predicted molar refractivity (Wildman–Crippen MR) is 151 cm³/mol. The molecule has 0 saturated heterocycles. The topological polar surface area (TPSA) is 86.8 Å². The van der Waals surface area contributed by atoms with Crippen LogP contribution < -0.4 is 9.62 Å². The molecule has 1 aliphatic rings. The van der Waals surface area contributed by atoms with Crippen LogP contribution in [0.2, 0.25) is 25.1 Å². The number of carbonyl (C=O) groups is 2. The third-order valence-electron chi connectivity index (χ3n) is 6.20. The first-order valence-electron chi connectivity index (χ1n) is 11.4. The van der Waals surface area contributed by atoms with Crippen molar-refractivity contribution >= 4 is 85.5 Å². The van der Waals surface area contributed by atoms with Crippen molar-refractivity contribution in [1.29, 1.82) is 0 Å². The van der Waals surface area contributed by atoms with Gasteiger partial charge in [-0.05, 0) is 44.0 Å². The van der Waals surface area contributed by atoms with Crippen LogP contribution in [0.5, 0.6) is 0 Å². The van der Waals surface area contributed by atoms with Crippen molar-refractivity contribution in [3.8, 4) is 0 Å². The predicted octanol–water partition coefficient (Wildman–Crippen LogP) is 6.20. The SMILES string of the molecule is C[C@H](C(=O)NC1CCCC1)N(Cc1c(Cl)cccc1Cl)C(=O)CN(c1cc(Cl)c(Cl)cc1Cl)S(C)(=O)=O. The Bertz CT molecular complexity index is 1270. The Balaban J connectivity index is 1.97. The Morgan fingerprint density at radius 1 is 0.973 bits per heavy atom. The first-order valence-corrected chi connectivity index (χ1v) is 15.2. The molecule has 2 aromatic carbocycles. The molecular formula is C24H26Cl5N3O4S. The maximum atomic E-state index is 13.7. The molecule has 0 spiro atoms. The van der Waals surface area contributed by atoms with Gasteiger partial charge in [0.2, 0.25) is 21.8 Å². The van der Waals surface area contributed by atoms with Crippen LogP contribution >= 0.6 is 58.0 Å². The van der Waals surface area contributed by atoms with Gasteiger partial charge in [-0.2, -0.15) is 0 Å². The van der Waals surface area contributed by atoms with Gasteiger partial charge >= 0.3 is 0 Å². The van der Waals surface area contributed by atoms with E-state index in [0.29, 0.717) is 15.6 Å². The smallest absolute Gasteiger partial charge is 0.244 e. The van der Waals surface area contributed by atoms with Crippen LogP contribution in [0.4, 0.5) is 5.69 Å². The van der Waals surface area contributed by atoms with Gasteiger partial charge in [0.15, 0.2) is 0 Å². The van der Waals surface area contributed by atoms with E-state index in [0.717, 1.165) is 36.2 Å². The molecule has 13 heteroatoms. The second-order valence-corrected chi connectivity index (χ2v) is 12.8. The van der Waals surface area contributed by atoms with Gasteiger partial charge in [-0.3, -0.25) is 13.9 Å². The van der Waals surface area contributed by atoms with Gasteiger partial charge in [0.1, 0.15) is 12.6 Å². The number of hydrogen-bond donors (Lipinski definition) is 1. The van der Waals surface area contributed by atoms with Crippen LogP contribution in [-0.4, -0.2) is 50.0 Å². The molecule has 2 aromatic rings. The molecule has 202 valence electrons. The molecule has 0 aliphatic heterocycles. The van der Waals surface area contributed by atoms with Gasteiger partial charge in [0, 0.05) is 28.2 Å². The Morgan fingerprint density at radius 2 is 1.54 bits per heavy atom. The number of halogens is 5. The van der Waals surface area contributed by atoms with E-state index in [1.54, 1.807) is 25.1 Å². The molecule has 1 N–H and O–H groups in total. The number of hydrogen-bond acceptors (Lipinski definition) is 4. The molecule has 0 radical (unpaired) electrons. The monoisotopic (exact) mass is 627 g/mol. The molecule has 0 heterocycles. The molecule has 1 saturated carbocycles. The lowest BCUT2D eigenvalue weighted by atomic mass is 10.1. The van der Waals surface area contributed by atoms with Crippen molar-refractivity contribution in [1.82, 2.24) is 10.2 Å². The number of rotatable bonds is 9. The highest BCUT2D eigenvalue weighted by molar-refractivity contribution is 7.92. The summed E-state index contributed by atoms with van der Waals surface area (Å²) >= 11 is 31.1. The highest BCUT2D eigenvalue weighted by Gasteiger charge is 2.33. The van der Waals surface area contributed by atoms with Crippen molar-refractivity contribution < 1.29 is 18.0 Å². The Morgan fingerprint density at radius 3 is 2.11 bits per heavy atom. The average Bonchev–Trinajstić information content (AvgIpc) is 3.31. The van der Waals surface area contributed by atoms with Crippen LogP contribution in [-0.2, 0) is 26.2 Å². The second kappa shape index (κ2) is 12.6. The quantitative estimate of drug-likeness (QED) is 0.335. The van der Waals surface area contributed by atoms with Crippen LogP contribution in [0, 0.1) is 0 Å². The summed E-state index contributed by atoms with van der Waals surface area (Å²) < 4.78 is 26.3. The zero-order valence-electron chi connectivity index (χ0n) is 20.1. The summed E-state index contributed by atoms with van der Waals surface area (Å²) in [6.45, 7) is 0.798. The summed E-state index contributed by atoms with van der Waals surface area (Å²) in [6.07, 6.45) is 4.70. The molecule has 2 amide bonds. The number of benzene rings is 2. The summed E-state index contributed by atoms with van der Waals surface area (Å²) in [7, 11) is -4.01. The van der Waals surface area contributed by atoms with E-state index in [1.807, 2.05) is 0 Å². The van der Waals surface area contributed by atoms with E-state index in [2.05, 4.69) is 5.32 Å². The number of sulfonamides is 1. The summed E-state index contributed by atoms with van der Waals surface area (Å²) in [4.78, 5) is 28.1. The summed E-state index contributed by atoms with van der Waals surface area (Å²) in [5, 5.41) is 3.77. The normalized spacial score (nSPS) is 14.9. The second-order valence-electron chi connectivity index (χ2n) is 8.88. The minimum absolute atomic E-state index is 0.0136. The van der Waals surface area contributed by atoms with Crippen LogP contribution in [0.25, 0.3) is 0 Å². The third-order valence-corrected chi connectivity index (χ3v) is 9.06. The van der Waals surface area contributed by atoms with Crippen molar-refractivity contribution in [2.24, 2.45) is 0 Å². The van der Waals surface area contributed by atoms with Gasteiger partial charge in [-0.15, -0.1) is 0 Å². The number of anilines is 1. The number of amides is 2. The Kier molecular flexibility index (Phi) is 10.3. The lowest BCUT2D eigenvalue weighted by Crippen LogP contribution is -2.52. The molecule has 0 aromatic heterocycles. The lowest BCUT2D eigenvalue weighted by molar-refractivity contribution is -0.139. The highest BCUT2D eigenvalue weighted by atomic mass is 35.5. The maximum absolute atomic E-state index is 13.7. The average molecular weight is 630 g/mol. The fourth-order valence-electron chi connectivity index (χ4n) is 4.13. The third kappa shape index (κ3) is 7.58. The zero-order valence-corrected chi connectivity index (χ0v) is 24.7. The molecule has 0 bridgehead atoms. The van der Waals surface area contributed by atoms with E-state index in [9.17, 15) is 18.0 Å². The standard InChI is InChI=1S/C24H26Cl5N3O4S/c1-14(24(34)30-15-6-3-4-7-15)31(12-16-17(25)8-5-9-18(16)26)23(33)13-32(37(2,35)36)22-11-20(28)19(27)10-21(22)29/h5,8-11,14-15H,3-4,6-7,12-13H2,1-2H3,(H,30,34)/t14-/m1/s1. The van der Waals surface area contributed by atoms with Gasteiger partial charge in [-0.1, -0.05) is 76.9 Å². The molecule has 1 atom stereocenters. The van der Waals surface area contributed by atoms with Crippen LogP contribution in [0.1, 0.15) is 38.2 Å². The minimum atomic E-state index is -4.01. The van der Waals surface area contributed by atoms with Gasteiger partial charge in [-0.25, -0.2) is 8.42 Å². The summed E-state index contributed by atoms with van der Waals surface area (Å²) in [5.74, 6) is -1.03. The van der Waals surface area contributed by atoms with Crippen molar-refractivity contribution in [3.05, 3.63) is 61.0 Å². The summed E-state index contributed by atoms with van der Waals surface area (Å²) in [5.41, 5.74) is 0.406. The van der Waals surface area contributed by atoms with Gasteiger partial charge in [0.05, 0.1) is 27.0 Å². The largest absolute Gasteiger partial charge is 0.352 e. The number of nitrogens with one attached hydrogen (secondary N) is 1. The molecule has 37 heavy (non-hydrogen) atoms. The van der Waals surface area contributed by atoms with Gasteiger partial charge < -0.3 is 10.2 Å². The Labute approximate surface area is 242 Å². The lowest BCUT2D eigenvalue weighted by Gasteiger charge is -2.32. The van der Waals surface area contributed by atoms with Crippen molar-refractivity contribution in [2.45, 2.75) is 51.2 Å². The van der Waals surface area contributed by atoms with Crippen LogP contribution in [0.15, 0.2) is 30.3 Å². The zero-order chi connectivity index (χ0) is 27.5. The van der Waals surface area contributed by atoms with E-state index in [1.165, 1.54) is 17.0 Å². The van der Waals surface area contributed by atoms with E-state index >= 15 is 0 Å². The molecule has 0 unspecified atom stereocenters. The van der Waals surface area contributed by atoms with E-state index in [4.69, 9.17) is 58.0 Å². The fraction of sp³-hybridized carbons (Fsp3) is 0.417. The van der Waals surface area contributed by atoms with Crippen molar-refractivity contribution in [3.63, 3.8) is 0 Å². The number of nitrogens with zero attached hydrogens (tertiary/aromatic N) is 2. The molecular weight excluding hydrogens is 604 g/mol. The fourth-order valence-corrected chi connectivity index (χ4v) is 6.19. The molecule has 3 rings (SSSR count). The van der Waals surface area contributed by atoms with E-state index in [-0.39, 0.29) is 39.2 Å². The Hall–Kier alpha value is -1.42. The van der Waals surface area contributed by atoms with Crippen LogP contribution in [0.3, 0.4) is 0 Å². The van der Waals surface area contributed by atoms with Crippen molar-refractivity contribution in [2.75, 3.05) is 17.1 Å².